The lowest BCUT2D eigenvalue weighted by atomic mass is 10.4. The van der Waals surface area contributed by atoms with Gasteiger partial charge in [0.2, 0.25) is 0 Å². The lowest BCUT2D eigenvalue weighted by Gasteiger charge is -2.06. The summed E-state index contributed by atoms with van der Waals surface area (Å²) in [7, 11) is 0. The summed E-state index contributed by atoms with van der Waals surface area (Å²) < 4.78 is 13.8. The van der Waals surface area contributed by atoms with E-state index in [2.05, 4.69) is 31.2 Å². The topological polar surface area (TPSA) is 37.8 Å². The first-order valence-corrected chi connectivity index (χ1v) is 4.88. The minimum absolute atomic E-state index is 0.337. The third-order valence-electron chi connectivity index (χ3n) is 2.00. The van der Waals surface area contributed by atoms with Gasteiger partial charge in [-0.3, -0.25) is 0 Å². The highest BCUT2D eigenvalue weighted by Crippen LogP contribution is 2.39. The fraction of sp³-hybridized carbons (Fsp3) is 0.500. The van der Waals surface area contributed by atoms with Crippen molar-refractivity contribution in [3.63, 3.8) is 0 Å². The zero-order valence-corrected chi connectivity index (χ0v) is 8.51. The molecule has 1 heterocycles. The van der Waals surface area contributed by atoms with Crippen molar-refractivity contribution in [2.45, 2.75) is 18.5 Å². The van der Waals surface area contributed by atoms with E-state index in [9.17, 15) is 4.39 Å². The van der Waals surface area contributed by atoms with Gasteiger partial charge < -0.3 is 5.32 Å². The smallest absolute Gasteiger partial charge is 0.144 e. The molecule has 0 spiro atoms. The Bertz CT molecular complexity index is 297. The zero-order chi connectivity index (χ0) is 9.31. The van der Waals surface area contributed by atoms with Gasteiger partial charge in [-0.25, -0.2) is 14.4 Å². The number of hydrogen-bond acceptors (Lipinski definition) is 3. The van der Waals surface area contributed by atoms with Crippen LogP contribution >= 0.6 is 15.9 Å². The van der Waals surface area contributed by atoms with Gasteiger partial charge in [0.05, 0.1) is 18.9 Å². The maximum Gasteiger partial charge on any atom is 0.144 e. The number of hydrogen-bond donors (Lipinski definition) is 1. The van der Waals surface area contributed by atoms with Gasteiger partial charge in [-0.2, -0.15) is 0 Å². The predicted molar refractivity (Wildman–Crippen MR) is 51.3 cm³/mol. The lowest BCUT2D eigenvalue weighted by molar-refractivity contribution is 0.326. The van der Waals surface area contributed by atoms with E-state index in [1.807, 2.05) is 0 Å². The summed E-state index contributed by atoms with van der Waals surface area (Å²) in [5, 5.41) is 2.90. The first-order chi connectivity index (χ1) is 6.18. The van der Waals surface area contributed by atoms with E-state index in [4.69, 9.17) is 0 Å². The molecule has 5 heteroatoms. The van der Waals surface area contributed by atoms with E-state index >= 15 is 0 Å². The summed E-state index contributed by atoms with van der Waals surface area (Å²) in [4.78, 5) is 7.99. The van der Waals surface area contributed by atoms with Crippen molar-refractivity contribution >= 4 is 21.7 Å². The number of anilines is 1. The van der Waals surface area contributed by atoms with Crippen molar-refractivity contribution in [3.8, 4) is 0 Å². The molecule has 1 aromatic heterocycles. The fourth-order valence-corrected chi connectivity index (χ4v) is 1.17. The Kier molecular flexibility index (Phi) is 2.19. The minimum atomic E-state index is -0.991. The molecule has 1 aliphatic rings. The Morgan fingerprint density at radius 3 is 2.77 bits per heavy atom. The van der Waals surface area contributed by atoms with Crippen LogP contribution < -0.4 is 5.32 Å². The summed E-state index contributed by atoms with van der Waals surface area (Å²) in [6.07, 6.45) is 4.48. The van der Waals surface area contributed by atoms with Gasteiger partial charge in [0.25, 0.3) is 0 Å². The number of halogens is 2. The van der Waals surface area contributed by atoms with E-state index in [-0.39, 0.29) is 0 Å². The normalized spacial score (nSPS) is 18.3. The summed E-state index contributed by atoms with van der Waals surface area (Å²) >= 11 is 3.17. The molecule has 1 aromatic rings. The minimum Gasteiger partial charge on any atom is -0.366 e. The third kappa shape index (κ3) is 2.37. The zero-order valence-electron chi connectivity index (χ0n) is 6.93. The number of nitrogens with one attached hydrogen (secondary N) is 1. The van der Waals surface area contributed by atoms with Crippen molar-refractivity contribution in [2.24, 2.45) is 0 Å². The van der Waals surface area contributed by atoms with Crippen molar-refractivity contribution < 1.29 is 4.39 Å². The number of alkyl halides is 1. The standard InChI is InChI=1S/C8H9BrFN3/c9-6-3-12-7(4-11-6)13-5-8(10)1-2-8/h3-4H,1-2,5H2,(H,12,13). The van der Waals surface area contributed by atoms with Gasteiger partial charge in [-0.1, -0.05) is 0 Å². The second-order valence-corrected chi connectivity index (χ2v) is 4.04. The Balaban J connectivity index is 1.91. The Morgan fingerprint density at radius 2 is 2.23 bits per heavy atom. The van der Waals surface area contributed by atoms with Gasteiger partial charge in [0.15, 0.2) is 0 Å². The van der Waals surface area contributed by atoms with Gasteiger partial charge >= 0.3 is 0 Å². The molecule has 0 saturated heterocycles. The molecule has 0 radical (unpaired) electrons. The largest absolute Gasteiger partial charge is 0.366 e. The highest BCUT2D eigenvalue weighted by molar-refractivity contribution is 9.10. The quantitative estimate of drug-likeness (QED) is 0.887. The summed E-state index contributed by atoms with van der Waals surface area (Å²) in [6, 6.07) is 0. The molecule has 3 nitrogen and oxygen atoms in total. The highest BCUT2D eigenvalue weighted by Gasteiger charge is 2.42. The lowest BCUT2D eigenvalue weighted by Crippen LogP contribution is -2.16. The van der Waals surface area contributed by atoms with Crippen LogP contribution in [0.4, 0.5) is 10.2 Å². The predicted octanol–water partition coefficient (Wildman–Crippen LogP) is 2.15. The fourth-order valence-electron chi connectivity index (χ4n) is 0.965. The maximum atomic E-state index is 13.1. The molecule has 0 bridgehead atoms. The Hall–Kier alpha value is -0.710. The molecule has 13 heavy (non-hydrogen) atoms. The van der Waals surface area contributed by atoms with Crippen molar-refractivity contribution in [2.75, 3.05) is 11.9 Å². The van der Waals surface area contributed by atoms with Crippen LogP contribution in [-0.2, 0) is 0 Å². The maximum absolute atomic E-state index is 13.1. The van der Waals surface area contributed by atoms with Crippen molar-refractivity contribution in [1.82, 2.24) is 9.97 Å². The molecule has 1 aliphatic carbocycles. The van der Waals surface area contributed by atoms with Crippen LogP contribution in [0.2, 0.25) is 0 Å². The first kappa shape index (κ1) is 8.87. The van der Waals surface area contributed by atoms with Crippen molar-refractivity contribution in [3.05, 3.63) is 17.0 Å². The van der Waals surface area contributed by atoms with Gasteiger partial charge in [0, 0.05) is 0 Å². The molecule has 1 saturated carbocycles. The Morgan fingerprint density at radius 1 is 1.46 bits per heavy atom. The molecule has 1 N–H and O–H groups in total. The van der Waals surface area contributed by atoms with Crippen LogP contribution in [0.1, 0.15) is 12.8 Å². The van der Waals surface area contributed by atoms with Gasteiger partial charge in [-0.15, -0.1) is 0 Å². The van der Waals surface area contributed by atoms with E-state index in [0.717, 1.165) is 0 Å². The van der Waals surface area contributed by atoms with Gasteiger partial charge in [-0.05, 0) is 28.8 Å². The molecular formula is C8H9BrFN3. The van der Waals surface area contributed by atoms with Crippen LogP contribution in [0.25, 0.3) is 0 Å². The number of nitrogens with zero attached hydrogens (tertiary/aromatic N) is 2. The molecule has 1 fully saturated rings. The molecule has 70 valence electrons. The number of rotatable bonds is 3. The number of aromatic nitrogens is 2. The Labute approximate surface area is 83.9 Å². The summed E-state index contributed by atoms with van der Waals surface area (Å²) in [5.74, 6) is 0.618. The van der Waals surface area contributed by atoms with Crippen LogP contribution in [0, 0.1) is 0 Å². The molecule has 0 aliphatic heterocycles. The van der Waals surface area contributed by atoms with Crippen LogP contribution in [0.15, 0.2) is 17.0 Å². The second-order valence-electron chi connectivity index (χ2n) is 3.23. The van der Waals surface area contributed by atoms with Crippen LogP contribution in [0.3, 0.4) is 0 Å². The highest BCUT2D eigenvalue weighted by atomic mass is 79.9. The summed E-state index contributed by atoms with van der Waals surface area (Å²) in [6.45, 7) is 0.337. The van der Waals surface area contributed by atoms with E-state index in [1.54, 1.807) is 12.4 Å². The van der Waals surface area contributed by atoms with E-state index in [0.29, 0.717) is 29.8 Å². The first-order valence-electron chi connectivity index (χ1n) is 4.08. The summed E-state index contributed by atoms with van der Waals surface area (Å²) in [5.41, 5.74) is -0.991. The van der Waals surface area contributed by atoms with E-state index < -0.39 is 5.67 Å². The monoisotopic (exact) mass is 245 g/mol. The van der Waals surface area contributed by atoms with Crippen LogP contribution in [-0.4, -0.2) is 22.2 Å². The average molecular weight is 246 g/mol. The molecule has 2 rings (SSSR count). The van der Waals surface area contributed by atoms with E-state index in [1.165, 1.54) is 0 Å². The molecule has 0 atom stereocenters. The van der Waals surface area contributed by atoms with Crippen LogP contribution in [0.5, 0.6) is 0 Å². The molecule has 0 aromatic carbocycles. The second kappa shape index (κ2) is 3.21. The third-order valence-corrected chi connectivity index (χ3v) is 2.41. The van der Waals surface area contributed by atoms with Gasteiger partial charge in [0.1, 0.15) is 16.1 Å². The SMILES string of the molecule is FC1(CNc2cnc(Br)cn2)CC1. The molecular weight excluding hydrogens is 237 g/mol. The van der Waals surface area contributed by atoms with Crippen molar-refractivity contribution in [1.29, 1.82) is 0 Å². The molecule has 0 unspecified atom stereocenters. The molecule has 0 amide bonds. The average Bonchev–Trinajstić information content (AvgIpc) is 2.84.